The van der Waals surface area contributed by atoms with Crippen LogP contribution < -0.4 is 10.6 Å². The van der Waals surface area contributed by atoms with E-state index in [1.165, 1.54) is 35.6 Å². The van der Waals surface area contributed by atoms with Crippen molar-refractivity contribution in [1.29, 1.82) is 0 Å². The maximum atomic E-state index is 14.3. The van der Waals surface area contributed by atoms with Crippen LogP contribution in [0.5, 0.6) is 0 Å². The topological polar surface area (TPSA) is 152 Å². The average Bonchev–Trinajstić information content (AvgIpc) is 3.63. The molecule has 1 aliphatic carbocycles. The molecule has 3 aromatic rings. The molecule has 3 fully saturated rings. The number of rotatable bonds is 9. The molecular formula is C34H40ClN7O5. The summed E-state index contributed by atoms with van der Waals surface area (Å²) in [5.74, 6) is -1.48. The number of ether oxygens (including phenoxy) is 1. The summed E-state index contributed by atoms with van der Waals surface area (Å²) in [6, 6.07) is 10.6. The van der Waals surface area contributed by atoms with Crippen LogP contribution in [0.15, 0.2) is 54.9 Å². The van der Waals surface area contributed by atoms with Crippen molar-refractivity contribution in [2.45, 2.75) is 69.6 Å². The average molecular weight is 662 g/mol. The number of anilines is 1. The molecule has 1 saturated carbocycles. The molecule has 1 aromatic heterocycles. The molecule has 3 heterocycles. The van der Waals surface area contributed by atoms with Gasteiger partial charge in [-0.05, 0) is 103 Å². The van der Waals surface area contributed by atoms with Crippen molar-refractivity contribution in [2.24, 2.45) is 11.8 Å². The van der Waals surface area contributed by atoms with E-state index < -0.39 is 12.0 Å². The molecule has 6 rings (SSSR count). The van der Waals surface area contributed by atoms with Crippen LogP contribution in [0, 0.1) is 11.8 Å². The molecule has 2 saturated heterocycles. The Hall–Kier alpha value is -4.13. The van der Waals surface area contributed by atoms with Crippen LogP contribution in [-0.4, -0.2) is 85.9 Å². The van der Waals surface area contributed by atoms with Crippen molar-refractivity contribution in [1.82, 2.24) is 30.4 Å². The van der Waals surface area contributed by atoms with Crippen LogP contribution in [0.3, 0.4) is 0 Å². The predicted octanol–water partition coefficient (Wildman–Crippen LogP) is 4.60. The van der Waals surface area contributed by atoms with Gasteiger partial charge in [-0.1, -0.05) is 43.7 Å². The van der Waals surface area contributed by atoms with Crippen LogP contribution in [0.25, 0.3) is 11.8 Å². The third kappa shape index (κ3) is 8.06. The number of tetrazole rings is 1. The summed E-state index contributed by atoms with van der Waals surface area (Å²) >= 11 is 6.33. The van der Waals surface area contributed by atoms with Crippen LogP contribution in [0.2, 0.25) is 5.02 Å². The number of hydrogen-bond donors (Lipinski definition) is 3. The first kappa shape index (κ1) is 32.8. The van der Waals surface area contributed by atoms with E-state index in [9.17, 15) is 19.5 Å². The highest BCUT2D eigenvalue weighted by Crippen LogP contribution is 2.40. The Morgan fingerprint density at radius 3 is 2.47 bits per heavy atom. The maximum absolute atomic E-state index is 14.3. The minimum absolute atomic E-state index is 0.101. The Bertz CT molecular complexity index is 1570. The van der Waals surface area contributed by atoms with Gasteiger partial charge in [0.05, 0.1) is 23.5 Å². The number of likely N-dealkylation sites (tertiary alicyclic amines) is 1. The van der Waals surface area contributed by atoms with Crippen molar-refractivity contribution in [2.75, 3.05) is 25.0 Å². The Labute approximate surface area is 278 Å². The smallest absolute Gasteiger partial charge is 0.335 e. The van der Waals surface area contributed by atoms with Crippen molar-refractivity contribution in [3.05, 3.63) is 71.0 Å². The number of aromatic nitrogens is 4. The normalized spacial score (nSPS) is 22.7. The number of halogens is 1. The first-order valence-corrected chi connectivity index (χ1v) is 16.8. The highest BCUT2D eigenvalue weighted by Gasteiger charge is 2.46. The van der Waals surface area contributed by atoms with Crippen molar-refractivity contribution >= 4 is 41.1 Å². The molecule has 2 aromatic carbocycles. The highest BCUT2D eigenvalue weighted by atomic mass is 35.5. The molecule has 0 spiro atoms. The SMILES string of the molecule is O=C(O)c1ccc(NC(=O)C2C(C3CCCCC3)CC(OC3CCNCC3)CN2C(=O)/C=C/c2cc(Cl)ccc2-n2cnnn2)cc1. The molecule has 0 bridgehead atoms. The molecule has 3 unspecified atom stereocenters. The number of benzene rings is 2. The minimum Gasteiger partial charge on any atom is -0.478 e. The lowest BCUT2D eigenvalue weighted by atomic mass is 9.71. The standard InChI is InChI=1S/C34H40ClN7O5/c35-25-9-12-30(42-21-37-39-40-42)24(18-25)8-13-31(43)41-20-28(47-27-14-16-36-17-15-27)19-29(22-4-2-1-3-5-22)32(41)33(44)38-26-10-6-23(7-11-26)34(45)46/h6-13,18,21-22,27-29,32,36H,1-5,14-17,19-20H2,(H,38,44)(H,45,46)/b13-8+. The molecule has 3 N–H and O–H groups in total. The first-order valence-electron chi connectivity index (χ1n) is 16.4. The Morgan fingerprint density at radius 1 is 1.00 bits per heavy atom. The lowest BCUT2D eigenvalue weighted by Crippen LogP contribution is -2.60. The van der Waals surface area contributed by atoms with Gasteiger partial charge < -0.3 is 25.4 Å². The van der Waals surface area contributed by atoms with E-state index in [-0.39, 0.29) is 48.0 Å². The Balaban J connectivity index is 1.32. The summed E-state index contributed by atoms with van der Waals surface area (Å²) < 4.78 is 8.17. The summed E-state index contributed by atoms with van der Waals surface area (Å²) in [4.78, 5) is 41.6. The number of carboxylic acid groups (broad SMARTS) is 1. The summed E-state index contributed by atoms with van der Waals surface area (Å²) in [6.45, 7) is 2.06. The molecule has 0 radical (unpaired) electrons. The number of carbonyl (C=O) groups is 3. The molecule has 47 heavy (non-hydrogen) atoms. The van der Waals surface area contributed by atoms with Gasteiger partial charge in [0.1, 0.15) is 12.4 Å². The molecular weight excluding hydrogens is 622 g/mol. The highest BCUT2D eigenvalue weighted by molar-refractivity contribution is 6.30. The summed E-state index contributed by atoms with van der Waals surface area (Å²) in [5.41, 5.74) is 1.89. The van der Waals surface area contributed by atoms with Crippen molar-refractivity contribution in [3.8, 4) is 5.69 Å². The largest absolute Gasteiger partial charge is 0.478 e. The molecule has 248 valence electrons. The van der Waals surface area contributed by atoms with E-state index in [2.05, 4.69) is 26.2 Å². The number of carboxylic acids is 1. The van der Waals surface area contributed by atoms with E-state index in [4.69, 9.17) is 16.3 Å². The van der Waals surface area contributed by atoms with Crippen LogP contribution in [-0.2, 0) is 14.3 Å². The quantitative estimate of drug-likeness (QED) is 0.280. The second-order valence-electron chi connectivity index (χ2n) is 12.6. The second kappa shape index (κ2) is 15.2. The number of carbonyl (C=O) groups excluding carboxylic acids is 2. The number of amides is 2. The molecule has 13 heteroatoms. The van der Waals surface area contributed by atoms with E-state index in [1.807, 2.05) is 0 Å². The second-order valence-corrected chi connectivity index (χ2v) is 13.0. The van der Waals surface area contributed by atoms with E-state index in [1.54, 1.807) is 41.3 Å². The molecule has 3 atom stereocenters. The minimum atomic E-state index is -1.04. The van der Waals surface area contributed by atoms with Gasteiger partial charge in [0, 0.05) is 28.9 Å². The van der Waals surface area contributed by atoms with Gasteiger partial charge in [0.2, 0.25) is 11.8 Å². The van der Waals surface area contributed by atoms with Crippen molar-refractivity contribution in [3.63, 3.8) is 0 Å². The zero-order valence-electron chi connectivity index (χ0n) is 26.1. The van der Waals surface area contributed by atoms with Crippen LogP contribution in [0.1, 0.15) is 67.3 Å². The molecule has 2 aliphatic heterocycles. The van der Waals surface area contributed by atoms with Crippen LogP contribution >= 0.6 is 11.6 Å². The number of nitrogens with zero attached hydrogens (tertiary/aromatic N) is 5. The lowest BCUT2D eigenvalue weighted by Gasteiger charge is -2.47. The van der Waals surface area contributed by atoms with E-state index >= 15 is 0 Å². The maximum Gasteiger partial charge on any atom is 0.335 e. The molecule has 12 nitrogen and oxygen atoms in total. The molecule has 3 aliphatic rings. The Kier molecular flexibility index (Phi) is 10.6. The van der Waals surface area contributed by atoms with Gasteiger partial charge in [-0.2, -0.15) is 4.68 Å². The van der Waals surface area contributed by atoms with Crippen LogP contribution in [0.4, 0.5) is 5.69 Å². The fourth-order valence-corrected chi connectivity index (χ4v) is 7.44. The number of piperidine rings is 2. The third-order valence-corrected chi connectivity index (χ3v) is 9.78. The Morgan fingerprint density at radius 2 is 1.77 bits per heavy atom. The van der Waals surface area contributed by atoms with Gasteiger partial charge >= 0.3 is 5.97 Å². The summed E-state index contributed by atoms with van der Waals surface area (Å²) in [6.07, 6.45) is 12.4. The van der Waals surface area contributed by atoms with Gasteiger partial charge in [-0.3, -0.25) is 9.59 Å². The molecule has 2 amide bonds. The summed E-state index contributed by atoms with van der Waals surface area (Å²) in [5, 5.41) is 27.6. The fourth-order valence-electron chi connectivity index (χ4n) is 7.26. The monoisotopic (exact) mass is 661 g/mol. The lowest BCUT2D eigenvalue weighted by molar-refractivity contribution is -0.151. The van der Waals surface area contributed by atoms with Gasteiger partial charge in [-0.25, -0.2) is 4.79 Å². The first-order chi connectivity index (χ1) is 22.9. The predicted molar refractivity (Wildman–Crippen MR) is 176 cm³/mol. The zero-order chi connectivity index (χ0) is 32.8. The zero-order valence-corrected chi connectivity index (χ0v) is 26.9. The third-order valence-electron chi connectivity index (χ3n) is 9.55. The van der Waals surface area contributed by atoms with Gasteiger partial charge in [0.15, 0.2) is 0 Å². The van der Waals surface area contributed by atoms with Gasteiger partial charge in [0.25, 0.3) is 0 Å². The van der Waals surface area contributed by atoms with E-state index in [0.29, 0.717) is 28.4 Å². The summed E-state index contributed by atoms with van der Waals surface area (Å²) in [7, 11) is 0. The van der Waals surface area contributed by atoms with E-state index in [0.717, 1.165) is 51.6 Å². The van der Waals surface area contributed by atoms with Crippen molar-refractivity contribution < 1.29 is 24.2 Å². The number of aromatic carboxylic acids is 1. The fraction of sp³-hybridized carbons (Fsp3) is 0.471. The van der Waals surface area contributed by atoms with Gasteiger partial charge in [-0.15, -0.1) is 5.10 Å². The number of hydrogen-bond acceptors (Lipinski definition) is 8. The number of nitrogens with one attached hydrogen (secondary N) is 2.